The van der Waals surface area contributed by atoms with Crippen molar-refractivity contribution in [3.8, 4) is 5.75 Å². The topological polar surface area (TPSA) is 87.7 Å². The number of anilines is 3. The molecule has 7 heteroatoms. The van der Waals surface area contributed by atoms with Gasteiger partial charge in [0, 0.05) is 11.3 Å². The zero-order valence-corrected chi connectivity index (χ0v) is 17.8. The van der Waals surface area contributed by atoms with E-state index in [0.717, 1.165) is 5.56 Å². The molecule has 162 valence electrons. The molecule has 0 aliphatic carbocycles. The second-order valence-corrected chi connectivity index (χ2v) is 7.54. The van der Waals surface area contributed by atoms with E-state index >= 15 is 0 Å². The maximum absolute atomic E-state index is 13.4. The number of aryl methyl sites for hydroxylation is 1. The second-order valence-electron chi connectivity index (χ2n) is 7.54. The van der Waals surface area contributed by atoms with Crippen LogP contribution in [-0.2, 0) is 9.59 Å². The molecule has 1 unspecified atom stereocenters. The van der Waals surface area contributed by atoms with Gasteiger partial charge in [-0.15, -0.1) is 0 Å². The number of ether oxygens (including phenoxy) is 1. The fourth-order valence-electron chi connectivity index (χ4n) is 3.62. The number of nitrogens with zero attached hydrogens (tertiary/aromatic N) is 1. The minimum absolute atomic E-state index is 0.191. The Balaban J connectivity index is 1.62. The number of carbonyl (C=O) groups is 3. The Labute approximate surface area is 186 Å². The molecule has 1 aliphatic heterocycles. The molecule has 1 atom stereocenters. The van der Waals surface area contributed by atoms with Crippen LogP contribution in [0.4, 0.5) is 17.1 Å². The van der Waals surface area contributed by atoms with Crippen molar-refractivity contribution >= 4 is 34.8 Å². The summed E-state index contributed by atoms with van der Waals surface area (Å²) in [6.45, 7) is 1.93. The zero-order valence-electron chi connectivity index (χ0n) is 17.8. The fraction of sp³-hybridized carbons (Fsp3) is 0.160. The van der Waals surface area contributed by atoms with E-state index in [1.807, 2.05) is 19.1 Å². The molecular formula is C25H23N3O4. The molecule has 3 aromatic carbocycles. The van der Waals surface area contributed by atoms with Crippen molar-refractivity contribution in [1.29, 1.82) is 0 Å². The maximum atomic E-state index is 13.4. The van der Waals surface area contributed by atoms with Gasteiger partial charge in [0.25, 0.3) is 5.91 Å². The summed E-state index contributed by atoms with van der Waals surface area (Å²) in [7, 11) is 1.56. The first kappa shape index (κ1) is 21.1. The minimum atomic E-state index is -0.989. The van der Waals surface area contributed by atoms with E-state index in [-0.39, 0.29) is 18.2 Å². The first-order valence-electron chi connectivity index (χ1n) is 10.2. The van der Waals surface area contributed by atoms with Crippen LogP contribution in [0.15, 0.2) is 72.8 Å². The first-order valence-corrected chi connectivity index (χ1v) is 10.2. The Hall–Kier alpha value is -4.13. The highest BCUT2D eigenvalue weighted by Gasteiger charge is 2.38. The van der Waals surface area contributed by atoms with Crippen LogP contribution in [0.3, 0.4) is 0 Å². The van der Waals surface area contributed by atoms with Crippen LogP contribution >= 0.6 is 0 Å². The number of carbonyl (C=O) groups excluding carboxylic acids is 3. The summed E-state index contributed by atoms with van der Waals surface area (Å²) in [5.74, 6) is -0.457. The van der Waals surface area contributed by atoms with E-state index in [2.05, 4.69) is 10.6 Å². The molecule has 32 heavy (non-hydrogen) atoms. The zero-order chi connectivity index (χ0) is 22.7. The van der Waals surface area contributed by atoms with Crippen molar-refractivity contribution in [2.45, 2.75) is 19.4 Å². The van der Waals surface area contributed by atoms with Crippen LogP contribution in [0.25, 0.3) is 0 Å². The second kappa shape index (κ2) is 8.93. The fourth-order valence-corrected chi connectivity index (χ4v) is 3.62. The smallest absolute Gasteiger partial charge is 0.259 e. The highest BCUT2D eigenvalue weighted by Crippen LogP contribution is 2.34. The molecule has 0 aromatic heterocycles. The summed E-state index contributed by atoms with van der Waals surface area (Å²) >= 11 is 0. The van der Waals surface area contributed by atoms with E-state index < -0.39 is 11.9 Å². The van der Waals surface area contributed by atoms with Crippen molar-refractivity contribution in [1.82, 2.24) is 0 Å². The number of fused-ring (bicyclic) bond motifs is 1. The molecule has 1 heterocycles. The van der Waals surface area contributed by atoms with Crippen LogP contribution in [0, 0.1) is 6.92 Å². The molecule has 0 bridgehead atoms. The quantitative estimate of drug-likeness (QED) is 0.642. The van der Waals surface area contributed by atoms with Crippen LogP contribution in [-0.4, -0.2) is 30.9 Å². The van der Waals surface area contributed by atoms with Crippen molar-refractivity contribution in [2.24, 2.45) is 0 Å². The molecule has 0 saturated carbocycles. The number of methoxy groups -OCH3 is 1. The summed E-state index contributed by atoms with van der Waals surface area (Å²) in [5, 5.41) is 5.59. The molecule has 2 N–H and O–H groups in total. The highest BCUT2D eigenvalue weighted by atomic mass is 16.5. The molecular weight excluding hydrogens is 406 g/mol. The third-order valence-electron chi connectivity index (χ3n) is 5.31. The van der Waals surface area contributed by atoms with Crippen molar-refractivity contribution in [2.75, 3.05) is 22.6 Å². The lowest BCUT2D eigenvalue weighted by molar-refractivity contribution is -0.122. The summed E-state index contributed by atoms with van der Waals surface area (Å²) in [6, 6.07) is 20.1. The minimum Gasteiger partial charge on any atom is -0.497 e. The Morgan fingerprint density at radius 3 is 2.38 bits per heavy atom. The number of hydrogen-bond donors (Lipinski definition) is 2. The van der Waals surface area contributed by atoms with Crippen molar-refractivity contribution in [3.05, 3.63) is 83.9 Å². The van der Waals surface area contributed by atoms with E-state index in [9.17, 15) is 14.4 Å². The molecule has 3 aromatic rings. The lowest BCUT2D eigenvalue weighted by Gasteiger charge is -2.36. The third kappa shape index (κ3) is 4.32. The number of nitrogens with one attached hydrogen (secondary N) is 2. The average Bonchev–Trinajstić information content (AvgIpc) is 2.80. The van der Waals surface area contributed by atoms with Gasteiger partial charge in [0.2, 0.25) is 11.8 Å². The molecule has 0 spiro atoms. The summed E-state index contributed by atoms with van der Waals surface area (Å²) in [4.78, 5) is 40.6. The van der Waals surface area contributed by atoms with Gasteiger partial charge in [-0.2, -0.15) is 0 Å². The van der Waals surface area contributed by atoms with Crippen LogP contribution < -0.4 is 20.3 Å². The van der Waals surface area contributed by atoms with Gasteiger partial charge >= 0.3 is 0 Å². The Bertz CT molecular complexity index is 1160. The number of amides is 3. The Morgan fingerprint density at radius 2 is 1.69 bits per heavy atom. The summed E-state index contributed by atoms with van der Waals surface area (Å²) in [5.41, 5.74) is 3.13. The van der Waals surface area contributed by atoms with Crippen molar-refractivity contribution < 1.29 is 19.1 Å². The van der Waals surface area contributed by atoms with Gasteiger partial charge in [0.15, 0.2) is 0 Å². The van der Waals surface area contributed by atoms with Gasteiger partial charge in [-0.1, -0.05) is 29.8 Å². The lowest BCUT2D eigenvalue weighted by atomic mass is 10.0. The SMILES string of the molecule is COc1ccc(NC(=O)CC2C(=O)Nc3ccccc3N2C(=O)c2ccc(C)cc2)cc1. The maximum Gasteiger partial charge on any atom is 0.259 e. The molecule has 7 nitrogen and oxygen atoms in total. The molecule has 0 radical (unpaired) electrons. The van der Waals surface area contributed by atoms with Crippen LogP contribution in [0.5, 0.6) is 5.75 Å². The Morgan fingerprint density at radius 1 is 1.00 bits per heavy atom. The number of rotatable bonds is 5. The van der Waals surface area contributed by atoms with E-state index in [1.165, 1.54) is 4.90 Å². The predicted molar refractivity (Wildman–Crippen MR) is 123 cm³/mol. The first-order chi connectivity index (χ1) is 15.5. The van der Waals surface area contributed by atoms with Gasteiger partial charge < -0.3 is 15.4 Å². The van der Waals surface area contributed by atoms with Gasteiger partial charge in [0.1, 0.15) is 11.8 Å². The predicted octanol–water partition coefficient (Wildman–Crippen LogP) is 4.00. The van der Waals surface area contributed by atoms with E-state index in [0.29, 0.717) is 28.4 Å². The normalized spacial score (nSPS) is 14.9. The highest BCUT2D eigenvalue weighted by molar-refractivity contribution is 6.17. The van der Waals surface area contributed by atoms with Crippen molar-refractivity contribution in [3.63, 3.8) is 0 Å². The van der Waals surface area contributed by atoms with Gasteiger partial charge in [-0.3, -0.25) is 19.3 Å². The largest absolute Gasteiger partial charge is 0.497 e. The van der Waals surface area contributed by atoms with Gasteiger partial charge in [0.05, 0.1) is 24.9 Å². The number of para-hydroxylation sites is 2. The van der Waals surface area contributed by atoms with Gasteiger partial charge in [-0.25, -0.2) is 0 Å². The lowest BCUT2D eigenvalue weighted by Crippen LogP contribution is -2.52. The molecule has 0 fully saturated rings. The summed E-state index contributed by atoms with van der Waals surface area (Å²) < 4.78 is 5.12. The number of hydrogen-bond acceptors (Lipinski definition) is 4. The molecule has 3 amide bonds. The summed E-state index contributed by atoms with van der Waals surface area (Å²) in [6.07, 6.45) is -0.191. The standard InChI is InChI=1S/C25H23N3O4/c1-16-7-9-17(10-8-16)25(31)28-21-6-4-3-5-20(21)27-24(30)22(28)15-23(29)26-18-11-13-19(32-2)14-12-18/h3-14,22H,15H2,1-2H3,(H,26,29)(H,27,30). The van der Waals surface area contributed by atoms with Gasteiger partial charge in [-0.05, 0) is 55.5 Å². The van der Waals surface area contributed by atoms with E-state index in [4.69, 9.17) is 4.74 Å². The number of benzene rings is 3. The molecule has 1 aliphatic rings. The van der Waals surface area contributed by atoms with E-state index in [1.54, 1.807) is 67.8 Å². The molecule has 0 saturated heterocycles. The monoisotopic (exact) mass is 429 g/mol. The molecule has 4 rings (SSSR count). The average molecular weight is 429 g/mol. The van der Waals surface area contributed by atoms with Crippen LogP contribution in [0.1, 0.15) is 22.3 Å². The third-order valence-corrected chi connectivity index (χ3v) is 5.31. The van der Waals surface area contributed by atoms with Crippen LogP contribution in [0.2, 0.25) is 0 Å². The Kier molecular flexibility index (Phi) is 5.89.